The Morgan fingerprint density at radius 2 is 2.19 bits per heavy atom. The monoisotopic (exact) mass is 448 g/mol. The van der Waals surface area contributed by atoms with E-state index in [1.807, 2.05) is 13.8 Å². The fraction of sp³-hybridized carbons (Fsp3) is 0.476. The lowest BCUT2D eigenvalue weighted by Crippen LogP contribution is -2.39. The number of nitrogens with zero attached hydrogens (tertiary/aromatic N) is 4. The Hall–Kier alpha value is -2.62. The number of aliphatic imine (C=N–C) groups is 1. The topological polar surface area (TPSA) is 103 Å². The van der Waals surface area contributed by atoms with Gasteiger partial charge in [-0.2, -0.15) is 5.10 Å². The molecule has 2 aromatic rings. The molecule has 1 fully saturated rings. The molecule has 1 atom stereocenters. The largest absolute Gasteiger partial charge is 0.389 e. The number of hydrogen-bond donors (Lipinski definition) is 3. The van der Waals surface area contributed by atoms with Crippen LogP contribution in [0.1, 0.15) is 45.3 Å². The number of halogens is 1. The molecule has 0 aliphatic carbocycles. The Labute approximate surface area is 186 Å². The summed E-state index contributed by atoms with van der Waals surface area (Å²) in [5.74, 6) is 0.885. The van der Waals surface area contributed by atoms with E-state index in [-0.39, 0.29) is 0 Å². The summed E-state index contributed by atoms with van der Waals surface area (Å²) in [5.41, 5.74) is 2.29. The predicted octanol–water partition coefficient (Wildman–Crippen LogP) is 3.55. The van der Waals surface area contributed by atoms with Gasteiger partial charge in [-0.05, 0) is 26.3 Å². The Morgan fingerprint density at radius 1 is 1.45 bits per heavy atom. The number of nitrogens with one attached hydrogen (secondary N) is 2. The van der Waals surface area contributed by atoms with Crippen molar-refractivity contribution in [3.8, 4) is 0 Å². The van der Waals surface area contributed by atoms with Gasteiger partial charge in [0.05, 0.1) is 41.7 Å². The minimum atomic E-state index is -0.821. The van der Waals surface area contributed by atoms with Gasteiger partial charge in [0, 0.05) is 36.7 Å². The maximum atomic E-state index is 12.7. The summed E-state index contributed by atoms with van der Waals surface area (Å²) in [4.78, 5) is 19.4. The number of carbonyl (C=O) groups excluding carboxylic acids is 1. The van der Waals surface area contributed by atoms with Gasteiger partial charge in [0.25, 0.3) is 0 Å². The predicted molar refractivity (Wildman–Crippen MR) is 121 cm³/mol. The molecule has 1 aliphatic rings. The number of aliphatic hydroxyl groups excluding tert-OH is 1. The number of allylic oxidation sites excluding steroid dienone is 1. The first kappa shape index (κ1) is 23.1. The molecule has 3 heterocycles. The highest BCUT2D eigenvalue weighted by Crippen LogP contribution is 2.29. The molecule has 3 rings (SSSR count). The molecule has 0 aromatic carbocycles. The zero-order valence-corrected chi connectivity index (χ0v) is 18.8. The first-order valence-corrected chi connectivity index (χ1v) is 10.8. The van der Waals surface area contributed by atoms with Crippen LogP contribution in [0.5, 0.6) is 0 Å². The van der Waals surface area contributed by atoms with E-state index in [9.17, 15) is 9.90 Å². The molecule has 0 spiro atoms. The molecule has 0 radical (unpaired) electrons. The Morgan fingerprint density at radius 3 is 2.87 bits per heavy atom. The molecular weight excluding hydrogens is 420 g/mol. The summed E-state index contributed by atoms with van der Waals surface area (Å²) < 4.78 is 6.94. The number of morpholine rings is 1. The van der Waals surface area contributed by atoms with Crippen molar-refractivity contribution in [2.75, 3.05) is 31.6 Å². The maximum Gasteiger partial charge on any atom is 0.323 e. The molecule has 3 N–H and O–H groups in total. The second-order valence-corrected chi connectivity index (χ2v) is 7.83. The number of urea groups is 1. The number of anilines is 1. The lowest BCUT2D eigenvalue weighted by atomic mass is 10.1. The highest BCUT2D eigenvalue weighted by Gasteiger charge is 2.17. The minimum Gasteiger partial charge on any atom is -0.389 e. The second kappa shape index (κ2) is 10.6. The molecule has 9 nitrogen and oxygen atoms in total. The van der Waals surface area contributed by atoms with E-state index in [4.69, 9.17) is 16.3 Å². The molecule has 0 saturated carbocycles. The first-order valence-electron chi connectivity index (χ1n) is 10.4. The van der Waals surface area contributed by atoms with Gasteiger partial charge in [0.15, 0.2) is 0 Å². The van der Waals surface area contributed by atoms with Crippen molar-refractivity contribution in [2.24, 2.45) is 4.99 Å². The minimum absolute atomic E-state index is 0.415. The summed E-state index contributed by atoms with van der Waals surface area (Å²) in [6.07, 6.45) is 5.53. The van der Waals surface area contributed by atoms with Gasteiger partial charge in [-0.1, -0.05) is 24.9 Å². The number of rotatable bonds is 6. The fourth-order valence-corrected chi connectivity index (χ4v) is 3.65. The van der Waals surface area contributed by atoms with Crippen molar-refractivity contribution >= 4 is 34.7 Å². The number of carbonyl (C=O) groups is 1. The normalized spacial score (nSPS) is 16.5. The highest BCUT2D eigenvalue weighted by molar-refractivity contribution is 6.31. The molecule has 0 bridgehead atoms. The van der Waals surface area contributed by atoms with Crippen molar-refractivity contribution in [2.45, 2.75) is 39.7 Å². The SMILES string of the molecule is CCC/C(=C\N=C(C)N1CCOCC1)NC(=O)Nc1cnn2cc(Cl)cc2c1[C@H](C)O. The number of ether oxygens (including phenoxy) is 1. The van der Waals surface area contributed by atoms with Crippen LogP contribution in [0.25, 0.3) is 5.52 Å². The van der Waals surface area contributed by atoms with Crippen molar-refractivity contribution in [3.05, 3.63) is 40.9 Å². The van der Waals surface area contributed by atoms with Crippen molar-refractivity contribution in [1.29, 1.82) is 0 Å². The van der Waals surface area contributed by atoms with Crippen LogP contribution >= 0.6 is 11.6 Å². The van der Waals surface area contributed by atoms with Gasteiger partial charge in [-0.15, -0.1) is 0 Å². The van der Waals surface area contributed by atoms with Gasteiger partial charge < -0.3 is 25.4 Å². The molecule has 31 heavy (non-hydrogen) atoms. The van der Waals surface area contributed by atoms with Crippen molar-refractivity contribution < 1.29 is 14.6 Å². The molecule has 2 amide bonds. The third-order valence-corrected chi connectivity index (χ3v) is 5.19. The highest BCUT2D eigenvalue weighted by atomic mass is 35.5. The molecule has 1 aliphatic heterocycles. The van der Waals surface area contributed by atoms with E-state index < -0.39 is 12.1 Å². The van der Waals surface area contributed by atoms with E-state index in [0.717, 1.165) is 25.3 Å². The van der Waals surface area contributed by atoms with Gasteiger partial charge in [-0.25, -0.2) is 14.3 Å². The smallest absolute Gasteiger partial charge is 0.323 e. The van der Waals surface area contributed by atoms with E-state index in [0.29, 0.717) is 47.1 Å². The lowest BCUT2D eigenvalue weighted by molar-refractivity contribution is 0.0678. The van der Waals surface area contributed by atoms with Gasteiger partial charge in [-0.3, -0.25) is 0 Å². The summed E-state index contributed by atoms with van der Waals surface area (Å²) >= 11 is 6.07. The number of aromatic nitrogens is 2. The lowest BCUT2D eigenvalue weighted by Gasteiger charge is -2.28. The zero-order valence-electron chi connectivity index (χ0n) is 18.1. The number of hydrogen-bond acceptors (Lipinski definition) is 5. The van der Waals surface area contributed by atoms with Crippen LogP contribution in [-0.2, 0) is 4.74 Å². The van der Waals surface area contributed by atoms with Crippen LogP contribution in [-0.4, -0.2) is 57.8 Å². The number of aliphatic hydroxyl groups is 1. The van der Waals surface area contributed by atoms with Gasteiger partial charge >= 0.3 is 6.03 Å². The first-order chi connectivity index (χ1) is 14.9. The van der Waals surface area contributed by atoms with Crippen LogP contribution in [0.15, 0.2) is 35.3 Å². The molecule has 2 aromatic heterocycles. The average molecular weight is 449 g/mol. The van der Waals surface area contributed by atoms with Gasteiger partial charge in [0.2, 0.25) is 0 Å². The number of amidine groups is 1. The number of amides is 2. The van der Waals surface area contributed by atoms with E-state index in [1.165, 1.54) is 6.20 Å². The van der Waals surface area contributed by atoms with Crippen LogP contribution in [0.2, 0.25) is 5.02 Å². The molecule has 10 heteroatoms. The third kappa shape index (κ3) is 5.96. The van der Waals surface area contributed by atoms with Gasteiger partial charge in [0.1, 0.15) is 5.84 Å². The number of fused-ring (bicyclic) bond motifs is 1. The summed E-state index contributed by atoms with van der Waals surface area (Å²) in [5, 5.41) is 20.7. The zero-order chi connectivity index (χ0) is 22.4. The molecule has 168 valence electrons. The third-order valence-electron chi connectivity index (χ3n) is 4.98. The summed E-state index contributed by atoms with van der Waals surface area (Å²) in [6, 6.07) is 1.27. The summed E-state index contributed by atoms with van der Waals surface area (Å²) in [6.45, 7) is 8.61. The van der Waals surface area contributed by atoms with Crippen molar-refractivity contribution in [3.63, 3.8) is 0 Å². The summed E-state index contributed by atoms with van der Waals surface area (Å²) in [7, 11) is 0. The van der Waals surface area contributed by atoms with E-state index >= 15 is 0 Å². The Bertz CT molecular complexity index is 979. The van der Waals surface area contributed by atoms with E-state index in [1.54, 1.807) is 29.9 Å². The average Bonchev–Trinajstić information content (AvgIpc) is 3.12. The maximum absolute atomic E-state index is 12.7. The quantitative estimate of drug-likeness (QED) is 0.463. The Kier molecular flexibility index (Phi) is 7.89. The second-order valence-electron chi connectivity index (χ2n) is 7.40. The molecule has 1 saturated heterocycles. The fourth-order valence-electron chi connectivity index (χ4n) is 3.45. The van der Waals surface area contributed by atoms with E-state index in [2.05, 4.69) is 25.6 Å². The Balaban J connectivity index is 1.75. The van der Waals surface area contributed by atoms with Crippen molar-refractivity contribution in [1.82, 2.24) is 19.8 Å². The van der Waals surface area contributed by atoms with Crippen LogP contribution in [0, 0.1) is 0 Å². The molecular formula is C21H29ClN6O3. The standard InChI is InChI=1S/C21H29ClN6O3/c1-4-5-17(11-23-15(3)27-6-8-31-9-7-27)25-21(30)26-18-12-24-28-13-16(22)10-19(28)20(18)14(2)29/h10-14,29H,4-9H2,1-3H3,(H2,25,26,30)/b17-11+,23-15?/t14-/m0/s1. The van der Waals surface area contributed by atoms with Crippen LogP contribution in [0.4, 0.5) is 10.5 Å². The van der Waals surface area contributed by atoms with Crippen LogP contribution < -0.4 is 10.6 Å². The molecule has 0 unspecified atom stereocenters. The van der Waals surface area contributed by atoms with Crippen LogP contribution in [0.3, 0.4) is 0 Å².